The first-order valence-electron chi connectivity index (χ1n) is 28.0. The number of rotatable bonds is 27. The summed E-state index contributed by atoms with van der Waals surface area (Å²) in [4.78, 5) is 16.3. The average molecular weight is 1050 g/mol. The topological polar surface area (TPSA) is 95.9 Å². The van der Waals surface area contributed by atoms with Crippen molar-refractivity contribution < 1.29 is 23.8 Å². The summed E-state index contributed by atoms with van der Waals surface area (Å²) in [6.45, 7) is 8.21. The van der Waals surface area contributed by atoms with E-state index in [4.69, 9.17) is 13.9 Å². The second-order valence-corrected chi connectivity index (χ2v) is 21.1. The van der Waals surface area contributed by atoms with Crippen LogP contribution in [0.3, 0.4) is 0 Å². The minimum atomic E-state index is -1.26. The minimum Gasteiger partial charge on any atom is -0.494 e. The molecule has 0 radical (unpaired) electrons. The summed E-state index contributed by atoms with van der Waals surface area (Å²) in [6, 6.07) is 63.8. The number of furan rings is 1. The first kappa shape index (κ1) is 54.7. The standard InChI is InChI=1S/C70H70N2O5S/c1-4-7-10-13-16-59-48-68(78-69(59)57-21-19-55(20-22-57)67-47-58-18-17-50(46-66(58)77-67)45-60(49-71)70(73)74)56-27-37-63(38-28-56)72(61-33-23-51(24-34-61)53-29-39-64(40-30-53)75-43-14-11-8-5-2)62-35-25-52(26-36-62)54-31-41-65(42-32-54)76-44-15-12-9-6-3/h17-42,45-48H,4-16,43-44H2,1-3H3,(H,73,74)/b60-45-. The van der Waals surface area contributed by atoms with Crippen molar-refractivity contribution in [2.45, 2.75) is 104 Å². The van der Waals surface area contributed by atoms with Crippen molar-refractivity contribution in [1.82, 2.24) is 0 Å². The molecule has 0 aliphatic heterocycles. The number of anilines is 3. The highest BCUT2D eigenvalue weighted by Crippen LogP contribution is 2.43. The van der Waals surface area contributed by atoms with Crippen LogP contribution in [0.2, 0.25) is 0 Å². The van der Waals surface area contributed by atoms with E-state index < -0.39 is 5.97 Å². The Bertz CT molecular complexity index is 3320. The molecule has 7 nitrogen and oxygen atoms in total. The van der Waals surface area contributed by atoms with Crippen LogP contribution in [0, 0.1) is 11.3 Å². The molecule has 0 aliphatic carbocycles. The molecule has 0 aliphatic rings. The molecule has 0 bridgehead atoms. The van der Waals surface area contributed by atoms with Gasteiger partial charge in [0.2, 0.25) is 0 Å². The van der Waals surface area contributed by atoms with Crippen molar-refractivity contribution in [3.05, 3.63) is 193 Å². The van der Waals surface area contributed by atoms with Crippen molar-refractivity contribution >= 4 is 51.4 Å². The number of fused-ring (bicyclic) bond motifs is 1. The van der Waals surface area contributed by atoms with Gasteiger partial charge in [-0.2, -0.15) is 5.26 Å². The van der Waals surface area contributed by atoms with Crippen LogP contribution in [-0.4, -0.2) is 24.3 Å². The highest BCUT2D eigenvalue weighted by molar-refractivity contribution is 7.19. The lowest BCUT2D eigenvalue weighted by Gasteiger charge is -2.26. The van der Waals surface area contributed by atoms with Crippen molar-refractivity contribution in [1.29, 1.82) is 5.26 Å². The molecule has 78 heavy (non-hydrogen) atoms. The van der Waals surface area contributed by atoms with Gasteiger partial charge in [-0.05, 0) is 155 Å². The fraction of sp³-hybridized carbons (Fsp3) is 0.257. The Labute approximate surface area is 465 Å². The van der Waals surface area contributed by atoms with Crippen molar-refractivity contribution in [3.8, 4) is 72.0 Å². The number of thiophene rings is 1. The molecule has 8 heteroatoms. The van der Waals surface area contributed by atoms with Crippen LogP contribution in [0.1, 0.15) is 109 Å². The second-order valence-electron chi connectivity index (χ2n) is 20.1. The zero-order chi connectivity index (χ0) is 54.1. The predicted octanol–water partition coefficient (Wildman–Crippen LogP) is 20.3. The Morgan fingerprint density at radius 2 is 1.00 bits per heavy atom. The van der Waals surface area contributed by atoms with E-state index in [2.05, 4.69) is 177 Å². The molecule has 0 spiro atoms. The highest BCUT2D eigenvalue weighted by Gasteiger charge is 2.18. The number of carboxylic acid groups (broad SMARTS) is 1. The van der Waals surface area contributed by atoms with Gasteiger partial charge in [0.15, 0.2) is 0 Å². The molecular formula is C70H70N2O5S. The van der Waals surface area contributed by atoms with Crippen LogP contribution >= 0.6 is 11.3 Å². The molecule has 0 unspecified atom stereocenters. The quantitative estimate of drug-likeness (QED) is 0.0311. The lowest BCUT2D eigenvalue weighted by atomic mass is 10.0. The number of hydrogen-bond acceptors (Lipinski definition) is 7. The maximum atomic E-state index is 11.4. The Morgan fingerprint density at radius 1 is 0.538 bits per heavy atom. The Kier molecular flexibility index (Phi) is 19.1. The van der Waals surface area contributed by atoms with Crippen LogP contribution in [0.4, 0.5) is 17.1 Å². The van der Waals surface area contributed by atoms with E-state index >= 15 is 0 Å². The lowest BCUT2D eigenvalue weighted by molar-refractivity contribution is -0.132. The van der Waals surface area contributed by atoms with Gasteiger partial charge in [-0.15, -0.1) is 11.3 Å². The smallest absolute Gasteiger partial charge is 0.346 e. The summed E-state index contributed by atoms with van der Waals surface area (Å²) in [5, 5.41) is 19.5. The lowest BCUT2D eigenvalue weighted by Crippen LogP contribution is -2.09. The van der Waals surface area contributed by atoms with Crippen molar-refractivity contribution in [2.75, 3.05) is 18.1 Å². The summed E-state index contributed by atoms with van der Waals surface area (Å²) in [5.74, 6) is 1.28. The third kappa shape index (κ3) is 14.1. The fourth-order valence-corrected chi connectivity index (χ4v) is 11.1. The number of carboxylic acids is 1. The first-order valence-corrected chi connectivity index (χ1v) is 28.8. The van der Waals surface area contributed by atoms with E-state index in [1.807, 2.05) is 23.5 Å². The second kappa shape index (κ2) is 27.3. The minimum absolute atomic E-state index is 0.328. The number of carbonyl (C=O) groups is 1. The number of nitriles is 1. The number of ether oxygens (including phenoxy) is 2. The Balaban J connectivity index is 0.976. The molecule has 9 aromatic rings. The molecular weight excluding hydrogens is 981 g/mol. The molecule has 1 N–H and O–H groups in total. The largest absolute Gasteiger partial charge is 0.494 e. The van der Waals surface area contributed by atoms with Gasteiger partial charge in [0.25, 0.3) is 0 Å². The molecule has 0 fully saturated rings. The van der Waals surface area contributed by atoms with Gasteiger partial charge in [-0.25, -0.2) is 4.79 Å². The van der Waals surface area contributed by atoms with Crippen molar-refractivity contribution in [2.24, 2.45) is 0 Å². The summed E-state index contributed by atoms with van der Waals surface area (Å²) >= 11 is 1.84. The zero-order valence-corrected chi connectivity index (χ0v) is 46.1. The molecule has 9 rings (SSSR count). The molecule has 2 aromatic heterocycles. The summed E-state index contributed by atoms with van der Waals surface area (Å²) in [5.41, 5.74) is 13.3. The number of aliphatic carboxylic acids is 1. The molecule has 7 aromatic carbocycles. The number of nitrogens with zero attached hydrogens (tertiary/aromatic N) is 2. The van der Waals surface area contributed by atoms with Crippen LogP contribution < -0.4 is 14.4 Å². The molecule has 0 saturated carbocycles. The van der Waals surface area contributed by atoms with Gasteiger partial charge in [0, 0.05) is 37.8 Å². The summed E-state index contributed by atoms with van der Waals surface area (Å²) in [7, 11) is 0. The number of aryl methyl sites for hydroxylation is 1. The molecule has 2 heterocycles. The average Bonchev–Trinajstić information content (AvgIpc) is 4.12. The SMILES string of the molecule is CCCCCCOc1ccc(-c2ccc(N(c3ccc(-c4ccc(OCCCCCC)cc4)cc3)c3ccc(-c4cc(CCCCCC)c(-c5ccc(-c6cc7ccc(/C=C(/C#N)C(=O)O)cc7o6)cc5)s4)cc3)cc2)cc1. The number of hydrogen-bond donors (Lipinski definition) is 1. The van der Waals surface area contributed by atoms with Gasteiger partial charge < -0.3 is 23.9 Å². The van der Waals surface area contributed by atoms with Crippen LogP contribution in [0.25, 0.3) is 71.5 Å². The van der Waals surface area contributed by atoms with E-state index in [1.54, 1.807) is 18.2 Å². The zero-order valence-electron chi connectivity index (χ0n) is 45.3. The third-order valence-electron chi connectivity index (χ3n) is 14.3. The van der Waals surface area contributed by atoms with Crippen LogP contribution in [0.5, 0.6) is 11.5 Å². The van der Waals surface area contributed by atoms with Crippen LogP contribution in [-0.2, 0) is 11.2 Å². The van der Waals surface area contributed by atoms with E-state index in [1.165, 1.54) is 90.3 Å². The number of benzene rings is 7. The van der Waals surface area contributed by atoms with Crippen molar-refractivity contribution in [3.63, 3.8) is 0 Å². The van der Waals surface area contributed by atoms with Gasteiger partial charge >= 0.3 is 5.97 Å². The van der Waals surface area contributed by atoms with E-state index in [-0.39, 0.29) is 5.57 Å². The van der Waals surface area contributed by atoms with E-state index in [0.29, 0.717) is 11.1 Å². The molecule has 396 valence electrons. The van der Waals surface area contributed by atoms with E-state index in [9.17, 15) is 15.2 Å². The Hall–Kier alpha value is -8.12. The third-order valence-corrected chi connectivity index (χ3v) is 15.6. The summed E-state index contributed by atoms with van der Waals surface area (Å²) < 4.78 is 18.4. The maximum absolute atomic E-state index is 11.4. The normalized spacial score (nSPS) is 11.4. The molecule has 0 atom stereocenters. The highest BCUT2D eigenvalue weighted by atomic mass is 32.1. The van der Waals surface area contributed by atoms with Gasteiger partial charge in [-0.3, -0.25) is 0 Å². The first-order chi connectivity index (χ1) is 38.3. The van der Waals surface area contributed by atoms with Gasteiger partial charge in [-0.1, -0.05) is 176 Å². The summed E-state index contributed by atoms with van der Waals surface area (Å²) in [6.07, 6.45) is 16.6. The van der Waals surface area contributed by atoms with Gasteiger partial charge in [0.05, 0.1) is 13.2 Å². The maximum Gasteiger partial charge on any atom is 0.346 e. The van der Waals surface area contributed by atoms with E-state index in [0.717, 1.165) is 106 Å². The fourth-order valence-electron chi connectivity index (χ4n) is 9.87. The predicted molar refractivity (Wildman–Crippen MR) is 324 cm³/mol. The van der Waals surface area contributed by atoms with Crippen LogP contribution in [0.15, 0.2) is 186 Å². The Morgan fingerprint density at radius 3 is 1.49 bits per heavy atom. The number of unbranched alkanes of at least 4 members (excludes halogenated alkanes) is 9. The molecule has 0 saturated heterocycles. The van der Waals surface area contributed by atoms with Gasteiger partial charge in [0.1, 0.15) is 34.5 Å². The molecule has 0 amide bonds. The monoisotopic (exact) mass is 1050 g/mol.